The summed E-state index contributed by atoms with van der Waals surface area (Å²) in [5.41, 5.74) is 0. The fourth-order valence-electron chi connectivity index (χ4n) is 2.00. The largest absolute Gasteiger partial charge is 0.691 e. The quantitative estimate of drug-likeness (QED) is 0.192. The Morgan fingerprint density at radius 3 is 1.96 bits per heavy atom. The maximum Gasteiger partial charge on any atom is 0.433 e. The van der Waals surface area contributed by atoms with Crippen molar-refractivity contribution in [3.05, 3.63) is 0 Å². The van der Waals surface area contributed by atoms with Crippen LogP contribution in [0.3, 0.4) is 0 Å². The molecule has 0 rings (SSSR count). The van der Waals surface area contributed by atoms with Crippen molar-refractivity contribution in [1.29, 1.82) is 0 Å². The van der Waals surface area contributed by atoms with Crippen molar-refractivity contribution in [2.45, 2.75) is 75.7 Å². The molecule has 0 aromatic rings. The summed E-state index contributed by atoms with van der Waals surface area (Å²) in [6, 6.07) is 0. The van der Waals surface area contributed by atoms with E-state index in [2.05, 4.69) is 16.3 Å². The minimum absolute atomic E-state index is 0.0762. The summed E-state index contributed by atoms with van der Waals surface area (Å²) in [5.74, 6) is 0. The van der Waals surface area contributed by atoms with Crippen molar-refractivity contribution in [3.8, 4) is 0 Å². The third-order valence-electron chi connectivity index (χ3n) is 3.29. The summed E-state index contributed by atoms with van der Waals surface area (Å²) in [4.78, 5) is 0. The minimum atomic E-state index is -4.91. The summed E-state index contributed by atoms with van der Waals surface area (Å²) < 4.78 is 49.8. The molecular formula is C13H26F2NO5S2-. The van der Waals surface area contributed by atoms with E-state index in [0.29, 0.717) is 6.42 Å². The van der Waals surface area contributed by atoms with Gasteiger partial charge in [0.1, 0.15) is 12.0 Å². The van der Waals surface area contributed by atoms with Gasteiger partial charge in [-0.15, -0.1) is 0 Å². The Balaban J connectivity index is 3.63. The molecule has 0 saturated carbocycles. The second-order valence-corrected chi connectivity index (χ2v) is 8.14. The van der Waals surface area contributed by atoms with Gasteiger partial charge < -0.3 is 5.26 Å². The molecule has 0 saturated heterocycles. The fraction of sp³-hybridized carbons (Fsp3) is 1.00. The highest BCUT2D eigenvalue weighted by molar-refractivity contribution is 8.10. The van der Waals surface area contributed by atoms with Crippen LogP contribution in [0.4, 0.5) is 8.78 Å². The lowest BCUT2D eigenvalue weighted by atomic mass is 10.1. The maximum absolute atomic E-state index is 13.2. The van der Waals surface area contributed by atoms with Crippen molar-refractivity contribution in [2.75, 3.05) is 6.54 Å². The van der Waals surface area contributed by atoms with Gasteiger partial charge in [0.05, 0.1) is 0 Å². The van der Waals surface area contributed by atoms with Gasteiger partial charge in [0, 0.05) is 6.54 Å². The molecule has 0 spiro atoms. The monoisotopic (exact) mass is 378 g/mol. The van der Waals surface area contributed by atoms with Crippen LogP contribution in [0.15, 0.2) is 0 Å². The lowest BCUT2D eigenvalue weighted by Crippen LogP contribution is -2.38. The molecule has 1 N–H and O–H groups in total. The Kier molecular flexibility index (Phi) is 13.3. The van der Waals surface area contributed by atoms with Crippen LogP contribution in [0.1, 0.15) is 71.1 Å². The number of hydrogen-bond acceptors (Lipinski definition) is 6. The fourth-order valence-corrected chi connectivity index (χ4v) is 3.31. The smallest absolute Gasteiger partial charge is 0.433 e. The van der Waals surface area contributed by atoms with Crippen LogP contribution in [0.5, 0.6) is 0 Å². The van der Waals surface area contributed by atoms with Crippen LogP contribution >= 0.6 is 12.0 Å². The highest BCUT2D eigenvalue weighted by Crippen LogP contribution is 2.34. The van der Waals surface area contributed by atoms with E-state index in [1.807, 2.05) is 0 Å². The van der Waals surface area contributed by atoms with E-state index >= 15 is 0 Å². The van der Waals surface area contributed by atoms with Gasteiger partial charge in [0.15, 0.2) is 0 Å². The van der Waals surface area contributed by atoms with Crippen molar-refractivity contribution >= 4 is 22.1 Å². The van der Waals surface area contributed by atoms with Gasteiger partial charge in [-0.1, -0.05) is 64.7 Å². The minimum Gasteiger partial charge on any atom is -0.691 e. The van der Waals surface area contributed by atoms with Crippen LogP contribution in [0.2, 0.25) is 0 Å². The predicted octanol–water partition coefficient (Wildman–Crippen LogP) is 3.25. The predicted molar refractivity (Wildman–Crippen MR) is 83.5 cm³/mol. The van der Waals surface area contributed by atoms with E-state index in [1.54, 1.807) is 4.72 Å². The van der Waals surface area contributed by atoms with E-state index in [0.717, 1.165) is 25.7 Å². The van der Waals surface area contributed by atoms with Gasteiger partial charge in [-0.3, -0.25) is 5.04 Å². The molecule has 23 heavy (non-hydrogen) atoms. The SMILES string of the molecule is CCCCCCCCCCCCNS(=O)(=O)C(F)(F)SOO[O-]. The van der Waals surface area contributed by atoms with Gasteiger partial charge in [-0.05, 0) is 6.42 Å². The molecule has 0 unspecified atom stereocenters. The van der Waals surface area contributed by atoms with Crippen LogP contribution in [-0.4, -0.2) is 19.5 Å². The molecule has 6 nitrogen and oxygen atoms in total. The lowest BCUT2D eigenvalue weighted by molar-refractivity contribution is -0.777. The molecule has 0 aliphatic rings. The molecule has 0 aliphatic carbocycles. The van der Waals surface area contributed by atoms with Crippen LogP contribution < -0.4 is 9.98 Å². The summed E-state index contributed by atoms with van der Waals surface area (Å²) in [6.45, 7) is 2.10. The number of unbranched alkanes of at least 4 members (excludes halogenated alkanes) is 9. The van der Waals surface area contributed by atoms with Gasteiger partial charge in [-0.2, -0.15) is 13.1 Å². The maximum atomic E-state index is 13.2. The molecule has 10 heteroatoms. The van der Waals surface area contributed by atoms with Gasteiger partial charge in [0.2, 0.25) is 0 Å². The van der Waals surface area contributed by atoms with E-state index in [1.165, 1.54) is 32.1 Å². The Hall–Kier alpha value is -0.0000000000000000694. The molecule has 0 radical (unpaired) electrons. The Morgan fingerprint density at radius 2 is 1.48 bits per heavy atom. The summed E-state index contributed by atoms with van der Waals surface area (Å²) in [6.07, 6.45) is 10.6. The lowest BCUT2D eigenvalue weighted by Gasteiger charge is -2.16. The molecule has 0 heterocycles. The van der Waals surface area contributed by atoms with Crippen LogP contribution in [-0.2, 0) is 19.4 Å². The average molecular weight is 378 g/mol. The first-order valence-electron chi connectivity index (χ1n) is 7.88. The number of hydrogen-bond donors (Lipinski definition) is 1. The van der Waals surface area contributed by atoms with E-state index in [-0.39, 0.29) is 6.54 Å². The number of alkyl halides is 2. The standard InChI is InChI=1S/C13H27F2NO5S2/c1-2-3-4-5-6-7-8-9-10-11-12-16-23(18,19)13(14,15)22-21-20-17/h16-17H,2-12H2,1H3/p-1. The first kappa shape index (κ1) is 23.0. The number of nitrogens with one attached hydrogen (secondary N) is 1. The van der Waals surface area contributed by atoms with E-state index < -0.39 is 26.7 Å². The van der Waals surface area contributed by atoms with Crippen LogP contribution in [0.25, 0.3) is 0 Å². The number of rotatable bonds is 16. The van der Waals surface area contributed by atoms with E-state index in [4.69, 9.17) is 0 Å². The molecule has 140 valence electrons. The number of sulfonamides is 1. The van der Waals surface area contributed by atoms with Crippen molar-refractivity contribution < 1.29 is 31.8 Å². The second-order valence-electron chi connectivity index (χ2n) is 5.26. The topological polar surface area (TPSA) is 87.7 Å². The van der Waals surface area contributed by atoms with Crippen LogP contribution in [0, 0.1) is 0 Å². The highest BCUT2D eigenvalue weighted by atomic mass is 32.3. The Morgan fingerprint density at radius 1 is 1.00 bits per heavy atom. The molecule has 0 atom stereocenters. The molecule has 0 amide bonds. The summed E-state index contributed by atoms with van der Waals surface area (Å²) in [7, 11) is -4.91. The molecule has 0 aliphatic heterocycles. The molecule has 0 fully saturated rings. The van der Waals surface area contributed by atoms with Crippen molar-refractivity contribution in [3.63, 3.8) is 0 Å². The molecular weight excluding hydrogens is 352 g/mol. The highest BCUT2D eigenvalue weighted by Gasteiger charge is 2.47. The van der Waals surface area contributed by atoms with E-state index in [9.17, 15) is 22.5 Å². The summed E-state index contributed by atoms with van der Waals surface area (Å²) >= 11 is -0.850. The zero-order valence-electron chi connectivity index (χ0n) is 13.4. The number of halogens is 2. The Bertz CT molecular complexity index is 383. The second kappa shape index (κ2) is 13.3. The molecule has 0 aromatic carbocycles. The Labute approximate surface area is 141 Å². The average Bonchev–Trinajstić information content (AvgIpc) is 2.50. The first-order chi connectivity index (χ1) is 10.9. The zero-order valence-corrected chi connectivity index (χ0v) is 15.0. The third-order valence-corrected chi connectivity index (χ3v) is 5.68. The van der Waals surface area contributed by atoms with Gasteiger partial charge in [0.25, 0.3) is 10.0 Å². The third kappa shape index (κ3) is 11.2. The van der Waals surface area contributed by atoms with Gasteiger partial charge in [-0.25, -0.2) is 13.1 Å². The van der Waals surface area contributed by atoms with Crippen molar-refractivity contribution in [2.24, 2.45) is 0 Å². The normalized spacial score (nSPS) is 12.7. The first-order valence-corrected chi connectivity index (χ1v) is 10.1. The van der Waals surface area contributed by atoms with Crippen molar-refractivity contribution in [1.82, 2.24) is 4.72 Å². The van der Waals surface area contributed by atoms with Gasteiger partial charge >= 0.3 is 4.59 Å². The molecule has 0 bridgehead atoms. The molecule has 0 aromatic heterocycles. The zero-order chi connectivity index (χ0) is 17.6. The summed E-state index contributed by atoms with van der Waals surface area (Å²) in [5, 5.41) is 12.2.